The van der Waals surface area contributed by atoms with Crippen molar-refractivity contribution in [2.45, 2.75) is 45.4 Å². The molecule has 0 spiro atoms. The van der Waals surface area contributed by atoms with Gasteiger partial charge in [0.25, 0.3) is 0 Å². The molecular formula is C18H24N2O3S2. The Morgan fingerprint density at radius 1 is 1.28 bits per heavy atom. The Kier molecular flexibility index (Phi) is 4.99. The Morgan fingerprint density at radius 2 is 1.92 bits per heavy atom. The summed E-state index contributed by atoms with van der Waals surface area (Å²) in [5.74, 6) is 0.380. The van der Waals surface area contributed by atoms with Crippen molar-refractivity contribution in [1.82, 2.24) is 0 Å². The van der Waals surface area contributed by atoms with Gasteiger partial charge in [0.05, 0.1) is 17.5 Å². The summed E-state index contributed by atoms with van der Waals surface area (Å²) in [6, 6.07) is 5.86. The normalized spacial score (nSPS) is 26.4. The summed E-state index contributed by atoms with van der Waals surface area (Å²) in [5, 5.41) is 0.586. The van der Waals surface area contributed by atoms with Crippen molar-refractivity contribution in [2.24, 2.45) is 10.9 Å². The van der Waals surface area contributed by atoms with E-state index < -0.39 is 9.84 Å². The molecule has 1 amide bonds. The van der Waals surface area contributed by atoms with Crippen molar-refractivity contribution in [3.05, 3.63) is 29.3 Å². The SMILES string of the molecule is Cc1cccc(C)c1N1C(=NC(=O)CC(C)C)S[C@H]2CS(=O)(=O)C[C@H]21. The fourth-order valence-electron chi connectivity index (χ4n) is 3.51. The maximum absolute atomic E-state index is 12.3. The highest BCUT2D eigenvalue weighted by Crippen LogP contribution is 2.43. The molecule has 1 aromatic rings. The summed E-state index contributed by atoms with van der Waals surface area (Å²) >= 11 is 1.44. The molecule has 0 bridgehead atoms. The molecule has 3 rings (SSSR count). The lowest BCUT2D eigenvalue weighted by molar-refractivity contribution is -0.118. The number of aryl methyl sites for hydroxylation is 2. The van der Waals surface area contributed by atoms with Gasteiger partial charge in [-0.25, -0.2) is 8.42 Å². The number of rotatable bonds is 3. The quantitative estimate of drug-likeness (QED) is 0.806. The van der Waals surface area contributed by atoms with Crippen LogP contribution in [-0.4, -0.2) is 42.3 Å². The van der Waals surface area contributed by atoms with E-state index in [1.165, 1.54) is 11.8 Å². The highest BCUT2D eigenvalue weighted by Gasteiger charge is 2.49. The highest BCUT2D eigenvalue weighted by atomic mass is 32.2. The summed E-state index contributed by atoms with van der Waals surface area (Å²) in [6.07, 6.45) is 0.401. The molecule has 0 aliphatic carbocycles. The molecule has 2 aliphatic heterocycles. The first-order valence-electron chi connectivity index (χ1n) is 8.52. The average Bonchev–Trinajstić information content (AvgIpc) is 2.90. The topological polar surface area (TPSA) is 66.8 Å². The van der Waals surface area contributed by atoms with E-state index in [2.05, 4.69) is 4.99 Å². The fraction of sp³-hybridized carbons (Fsp3) is 0.556. The molecular weight excluding hydrogens is 356 g/mol. The van der Waals surface area contributed by atoms with Crippen molar-refractivity contribution >= 4 is 38.4 Å². The molecule has 0 N–H and O–H groups in total. The van der Waals surface area contributed by atoms with Crippen molar-refractivity contribution in [3.8, 4) is 0 Å². The Hall–Kier alpha value is -1.34. The molecule has 2 heterocycles. The number of amidine groups is 1. The van der Waals surface area contributed by atoms with Gasteiger partial charge in [-0.05, 0) is 30.9 Å². The van der Waals surface area contributed by atoms with Crippen molar-refractivity contribution in [3.63, 3.8) is 0 Å². The minimum absolute atomic E-state index is 0.0605. The van der Waals surface area contributed by atoms with Crippen LogP contribution in [0.1, 0.15) is 31.4 Å². The molecule has 2 saturated heterocycles. The Bertz CT molecular complexity index is 810. The smallest absolute Gasteiger partial charge is 0.248 e. The van der Waals surface area contributed by atoms with Gasteiger partial charge in [-0.2, -0.15) is 4.99 Å². The van der Waals surface area contributed by atoms with Gasteiger partial charge in [0.15, 0.2) is 15.0 Å². The first-order chi connectivity index (χ1) is 11.7. The number of nitrogens with zero attached hydrogens (tertiary/aromatic N) is 2. The number of thioether (sulfide) groups is 1. The predicted molar refractivity (Wildman–Crippen MR) is 104 cm³/mol. The summed E-state index contributed by atoms with van der Waals surface area (Å²) < 4.78 is 24.2. The Labute approximate surface area is 153 Å². The first kappa shape index (κ1) is 18.5. The van der Waals surface area contributed by atoms with Gasteiger partial charge in [-0.15, -0.1) is 0 Å². The standard InChI is InChI=1S/C18H24N2O3S2/c1-11(2)8-16(21)19-18-20(17-12(3)6-5-7-13(17)4)14-9-25(22,23)10-15(14)24-18/h5-7,11,14-15H,8-10H2,1-4H3/t14-,15+/m1/s1. The minimum Gasteiger partial charge on any atom is -0.315 e. The monoisotopic (exact) mass is 380 g/mol. The van der Waals surface area contributed by atoms with Crippen LogP contribution in [0.5, 0.6) is 0 Å². The number of hydrogen-bond donors (Lipinski definition) is 0. The second kappa shape index (κ2) is 6.76. The third-order valence-corrected chi connectivity index (χ3v) is 7.76. The number of carbonyl (C=O) groups is 1. The van der Waals surface area contributed by atoms with Crippen molar-refractivity contribution in [1.29, 1.82) is 0 Å². The zero-order valence-corrected chi connectivity index (χ0v) is 16.7. The van der Waals surface area contributed by atoms with Crippen LogP contribution in [0.3, 0.4) is 0 Å². The van der Waals surface area contributed by atoms with E-state index in [1.807, 2.05) is 50.8 Å². The van der Waals surface area contributed by atoms with Crippen LogP contribution in [0, 0.1) is 19.8 Å². The second-order valence-corrected chi connectivity index (χ2v) is 10.7. The molecule has 2 atom stereocenters. The number of amides is 1. The fourth-order valence-corrected chi connectivity index (χ4v) is 7.43. The van der Waals surface area contributed by atoms with E-state index in [1.54, 1.807) is 0 Å². The largest absolute Gasteiger partial charge is 0.315 e. The van der Waals surface area contributed by atoms with Gasteiger partial charge in [-0.3, -0.25) is 4.79 Å². The van der Waals surface area contributed by atoms with Crippen LogP contribution in [0.2, 0.25) is 0 Å². The number of fused-ring (bicyclic) bond motifs is 1. The van der Waals surface area contributed by atoms with Crippen LogP contribution < -0.4 is 4.90 Å². The zero-order valence-electron chi connectivity index (χ0n) is 15.0. The lowest BCUT2D eigenvalue weighted by Gasteiger charge is -2.28. The van der Waals surface area contributed by atoms with Crippen LogP contribution in [-0.2, 0) is 14.6 Å². The van der Waals surface area contributed by atoms with Gasteiger partial charge in [-0.1, -0.05) is 43.8 Å². The number of sulfone groups is 1. The second-order valence-electron chi connectivity index (χ2n) is 7.30. The number of aliphatic imine (C=N–C) groups is 1. The molecule has 2 fully saturated rings. The van der Waals surface area contributed by atoms with Crippen LogP contribution in [0.15, 0.2) is 23.2 Å². The van der Waals surface area contributed by atoms with E-state index in [4.69, 9.17) is 0 Å². The van der Waals surface area contributed by atoms with Gasteiger partial charge in [0, 0.05) is 17.4 Å². The first-order valence-corrected chi connectivity index (χ1v) is 11.2. The predicted octanol–water partition coefficient (Wildman–Crippen LogP) is 2.95. The Balaban J connectivity index is 2.04. The summed E-state index contributed by atoms with van der Waals surface area (Å²) in [7, 11) is -3.05. The highest BCUT2D eigenvalue weighted by molar-refractivity contribution is 8.16. The van der Waals surface area contributed by atoms with Gasteiger partial charge < -0.3 is 4.90 Å². The number of para-hydroxylation sites is 1. The molecule has 136 valence electrons. The molecule has 2 aliphatic rings. The third kappa shape index (κ3) is 3.77. The summed E-state index contributed by atoms with van der Waals surface area (Å²) in [6.45, 7) is 8.00. The number of carbonyl (C=O) groups excluding carboxylic acids is 1. The number of hydrogen-bond acceptors (Lipinski definition) is 4. The van der Waals surface area contributed by atoms with Gasteiger partial charge in [0.1, 0.15) is 0 Å². The maximum Gasteiger partial charge on any atom is 0.248 e. The molecule has 0 radical (unpaired) electrons. The van der Waals surface area contributed by atoms with Crippen LogP contribution in [0.25, 0.3) is 0 Å². The number of anilines is 1. The average molecular weight is 381 g/mol. The zero-order chi connectivity index (χ0) is 18.4. The molecule has 0 unspecified atom stereocenters. The molecule has 5 nitrogen and oxygen atoms in total. The van der Waals surface area contributed by atoms with E-state index >= 15 is 0 Å². The maximum atomic E-state index is 12.3. The Morgan fingerprint density at radius 3 is 2.52 bits per heavy atom. The van der Waals surface area contributed by atoms with E-state index in [9.17, 15) is 13.2 Å². The number of benzene rings is 1. The minimum atomic E-state index is -3.05. The van der Waals surface area contributed by atoms with Crippen molar-refractivity contribution < 1.29 is 13.2 Å². The van der Waals surface area contributed by atoms with Crippen molar-refractivity contribution in [2.75, 3.05) is 16.4 Å². The molecule has 25 heavy (non-hydrogen) atoms. The van der Waals surface area contributed by atoms with Crippen LogP contribution >= 0.6 is 11.8 Å². The third-order valence-electron chi connectivity index (χ3n) is 4.55. The van der Waals surface area contributed by atoms with Crippen LogP contribution in [0.4, 0.5) is 5.69 Å². The van der Waals surface area contributed by atoms with Gasteiger partial charge >= 0.3 is 0 Å². The van der Waals surface area contributed by atoms with Gasteiger partial charge in [0.2, 0.25) is 5.91 Å². The lowest BCUT2D eigenvalue weighted by Crippen LogP contribution is -2.38. The summed E-state index contributed by atoms with van der Waals surface area (Å²) in [4.78, 5) is 18.6. The molecule has 7 heteroatoms. The molecule has 0 aromatic heterocycles. The molecule has 0 saturated carbocycles. The van der Waals surface area contributed by atoms with E-state index in [0.717, 1.165) is 16.8 Å². The lowest BCUT2D eigenvalue weighted by atomic mass is 10.1. The molecule has 1 aromatic carbocycles. The van der Waals surface area contributed by atoms with E-state index in [-0.39, 0.29) is 34.6 Å². The summed E-state index contributed by atoms with van der Waals surface area (Å²) in [5.41, 5.74) is 3.11. The van der Waals surface area contributed by atoms with E-state index in [0.29, 0.717) is 11.6 Å².